The summed E-state index contributed by atoms with van der Waals surface area (Å²) in [5.41, 5.74) is 1.21. The Bertz CT molecular complexity index is 421. The molecule has 0 aliphatic rings. The summed E-state index contributed by atoms with van der Waals surface area (Å²) in [5, 5.41) is 2.08. The van der Waals surface area contributed by atoms with Crippen molar-refractivity contribution in [2.45, 2.75) is 12.2 Å². The lowest BCUT2D eigenvalue weighted by Gasteiger charge is -2.24. The Morgan fingerprint density at radius 3 is 2.18 bits per heavy atom. The van der Waals surface area contributed by atoms with Gasteiger partial charge in [0.2, 0.25) is 0 Å². The van der Waals surface area contributed by atoms with Gasteiger partial charge in [0.05, 0.1) is 5.92 Å². The van der Waals surface area contributed by atoms with E-state index in [1.54, 1.807) is 25.6 Å². The van der Waals surface area contributed by atoms with Crippen molar-refractivity contribution in [1.82, 2.24) is 0 Å². The van der Waals surface area contributed by atoms with Crippen LogP contribution in [-0.4, -0.2) is 20.5 Å². The van der Waals surface area contributed by atoms with Gasteiger partial charge < -0.3 is 9.47 Å². The number of ether oxygens (including phenoxy) is 2. The third-order valence-corrected chi connectivity index (χ3v) is 3.70. The molecular weight excluding hydrogens is 232 g/mol. The lowest BCUT2D eigenvalue weighted by Crippen LogP contribution is -2.23. The van der Waals surface area contributed by atoms with E-state index < -0.39 is 0 Å². The average molecular weight is 248 g/mol. The minimum absolute atomic E-state index is 0.131. The second-order valence-corrected chi connectivity index (χ2v) is 4.72. The molecule has 1 heterocycles. The Balaban J connectivity index is 2.37. The Hall–Kier alpha value is -1.16. The van der Waals surface area contributed by atoms with Crippen LogP contribution in [0.25, 0.3) is 0 Å². The van der Waals surface area contributed by atoms with Crippen LogP contribution in [0.2, 0.25) is 0 Å². The van der Waals surface area contributed by atoms with E-state index in [4.69, 9.17) is 9.47 Å². The van der Waals surface area contributed by atoms with E-state index in [0.717, 1.165) is 0 Å². The van der Waals surface area contributed by atoms with Crippen LogP contribution in [0, 0.1) is 0 Å². The van der Waals surface area contributed by atoms with Gasteiger partial charge >= 0.3 is 0 Å². The van der Waals surface area contributed by atoms with E-state index in [1.807, 2.05) is 18.2 Å². The number of benzene rings is 1. The largest absolute Gasteiger partial charge is 0.355 e. The van der Waals surface area contributed by atoms with Crippen molar-refractivity contribution in [2.24, 2.45) is 0 Å². The third kappa shape index (κ3) is 2.75. The van der Waals surface area contributed by atoms with Gasteiger partial charge in [-0.05, 0) is 17.0 Å². The van der Waals surface area contributed by atoms with Crippen molar-refractivity contribution in [2.75, 3.05) is 14.2 Å². The molecular formula is C14H16O2S. The highest BCUT2D eigenvalue weighted by Gasteiger charge is 2.25. The van der Waals surface area contributed by atoms with Crippen LogP contribution in [0.5, 0.6) is 0 Å². The second kappa shape index (κ2) is 5.96. The van der Waals surface area contributed by atoms with E-state index in [9.17, 15) is 0 Å². The Morgan fingerprint density at radius 2 is 1.65 bits per heavy atom. The predicted molar refractivity (Wildman–Crippen MR) is 70.4 cm³/mol. The fourth-order valence-electron chi connectivity index (χ4n) is 1.95. The van der Waals surface area contributed by atoms with Gasteiger partial charge in [0.15, 0.2) is 6.29 Å². The molecule has 2 nitrogen and oxygen atoms in total. The van der Waals surface area contributed by atoms with Gasteiger partial charge in [0.1, 0.15) is 0 Å². The summed E-state index contributed by atoms with van der Waals surface area (Å²) in [4.78, 5) is 1.25. The molecule has 2 aromatic rings. The summed E-state index contributed by atoms with van der Waals surface area (Å²) in [7, 11) is 3.36. The lowest BCUT2D eigenvalue weighted by atomic mass is 9.97. The number of hydrogen-bond acceptors (Lipinski definition) is 3. The highest BCUT2D eigenvalue weighted by molar-refractivity contribution is 7.10. The topological polar surface area (TPSA) is 18.5 Å². The Labute approximate surface area is 106 Å². The molecule has 1 unspecified atom stereocenters. The van der Waals surface area contributed by atoms with Crippen LogP contribution < -0.4 is 0 Å². The molecule has 0 aliphatic heterocycles. The lowest BCUT2D eigenvalue weighted by molar-refractivity contribution is -0.110. The van der Waals surface area contributed by atoms with Crippen molar-refractivity contribution in [3.05, 3.63) is 58.3 Å². The average Bonchev–Trinajstić information content (AvgIpc) is 2.90. The zero-order valence-corrected chi connectivity index (χ0v) is 10.8. The van der Waals surface area contributed by atoms with E-state index in [2.05, 4.69) is 29.6 Å². The van der Waals surface area contributed by atoms with Crippen LogP contribution >= 0.6 is 11.3 Å². The van der Waals surface area contributed by atoms with Gasteiger partial charge in [-0.3, -0.25) is 0 Å². The fourth-order valence-corrected chi connectivity index (χ4v) is 2.82. The van der Waals surface area contributed by atoms with Gasteiger partial charge in [-0.2, -0.15) is 0 Å². The second-order valence-electron chi connectivity index (χ2n) is 3.74. The van der Waals surface area contributed by atoms with Crippen LogP contribution in [-0.2, 0) is 9.47 Å². The van der Waals surface area contributed by atoms with Crippen molar-refractivity contribution in [3.63, 3.8) is 0 Å². The molecule has 0 saturated carbocycles. The molecule has 17 heavy (non-hydrogen) atoms. The molecule has 1 atom stereocenters. The maximum atomic E-state index is 5.42. The minimum Gasteiger partial charge on any atom is -0.355 e. The molecule has 3 heteroatoms. The maximum absolute atomic E-state index is 5.42. The number of thiophene rings is 1. The molecule has 1 aromatic heterocycles. The molecule has 0 radical (unpaired) electrons. The van der Waals surface area contributed by atoms with E-state index in [1.165, 1.54) is 10.4 Å². The molecule has 90 valence electrons. The molecule has 0 N–H and O–H groups in total. The molecule has 0 amide bonds. The highest BCUT2D eigenvalue weighted by atomic mass is 32.1. The SMILES string of the molecule is COC(OC)C(c1ccccc1)c1cccs1. The number of hydrogen-bond donors (Lipinski definition) is 0. The van der Waals surface area contributed by atoms with Crippen LogP contribution in [0.1, 0.15) is 16.4 Å². The summed E-state index contributed by atoms with van der Waals surface area (Å²) in [6.07, 6.45) is -0.254. The first-order valence-electron chi connectivity index (χ1n) is 5.50. The summed E-state index contributed by atoms with van der Waals surface area (Å²) in [6, 6.07) is 14.5. The van der Waals surface area contributed by atoms with Crippen molar-refractivity contribution in [3.8, 4) is 0 Å². The first-order chi connectivity index (χ1) is 8.36. The molecule has 0 saturated heterocycles. The molecule has 0 bridgehead atoms. The Morgan fingerprint density at radius 1 is 0.941 bits per heavy atom. The molecule has 0 spiro atoms. The van der Waals surface area contributed by atoms with Crippen LogP contribution in [0.15, 0.2) is 47.8 Å². The number of methoxy groups -OCH3 is 2. The first kappa shape index (κ1) is 12.3. The van der Waals surface area contributed by atoms with Crippen LogP contribution in [0.3, 0.4) is 0 Å². The standard InChI is InChI=1S/C14H16O2S/c1-15-14(16-2)13(12-9-6-10-17-12)11-7-4-3-5-8-11/h3-10,13-14H,1-2H3. The molecule has 0 aliphatic carbocycles. The third-order valence-electron chi connectivity index (χ3n) is 2.75. The van der Waals surface area contributed by atoms with Crippen molar-refractivity contribution >= 4 is 11.3 Å². The first-order valence-corrected chi connectivity index (χ1v) is 6.38. The zero-order valence-electron chi connectivity index (χ0n) is 10.00. The summed E-state index contributed by atoms with van der Waals surface area (Å²) in [5.74, 6) is 0.131. The zero-order chi connectivity index (χ0) is 12.1. The van der Waals surface area contributed by atoms with Gasteiger partial charge in [0.25, 0.3) is 0 Å². The molecule has 0 fully saturated rings. The quantitative estimate of drug-likeness (QED) is 0.754. The van der Waals surface area contributed by atoms with Crippen molar-refractivity contribution in [1.29, 1.82) is 0 Å². The van der Waals surface area contributed by atoms with Crippen molar-refractivity contribution < 1.29 is 9.47 Å². The smallest absolute Gasteiger partial charge is 0.168 e. The van der Waals surface area contributed by atoms with E-state index in [0.29, 0.717) is 0 Å². The monoisotopic (exact) mass is 248 g/mol. The summed E-state index contributed by atoms with van der Waals surface area (Å²) < 4.78 is 10.8. The fraction of sp³-hybridized carbons (Fsp3) is 0.286. The Kier molecular flexibility index (Phi) is 4.31. The molecule has 1 aromatic carbocycles. The molecule has 2 rings (SSSR count). The number of rotatable bonds is 5. The predicted octanol–water partition coefficient (Wildman–Crippen LogP) is 3.50. The van der Waals surface area contributed by atoms with Crippen LogP contribution in [0.4, 0.5) is 0 Å². The van der Waals surface area contributed by atoms with E-state index in [-0.39, 0.29) is 12.2 Å². The van der Waals surface area contributed by atoms with Gasteiger partial charge in [-0.15, -0.1) is 11.3 Å². The van der Waals surface area contributed by atoms with E-state index >= 15 is 0 Å². The van der Waals surface area contributed by atoms with Gasteiger partial charge in [-0.25, -0.2) is 0 Å². The highest BCUT2D eigenvalue weighted by Crippen LogP contribution is 2.32. The minimum atomic E-state index is -0.254. The normalized spacial score (nSPS) is 12.9. The summed E-state index contributed by atoms with van der Waals surface area (Å²) in [6.45, 7) is 0. The summed E-state index contributed by atoms with van der Waals surface area (Å²) >= 11 is 1.72. The maximum Gasteiger partial charge on any atom is 0.168 e. The van der Waals surface area contributed by atoms with Gasteiger partial charge in [-0.1, -0.05) is 36.4 Å². The van der Waals surface area contributed by atoms with Gasteiger partial charge in [0, 0.05) is 19.1 Å².